The van der Waals surface area contributed by atoms with Gasteiger partial charge in [-0.25, -0.2) is 0 Å². The van der Waals surface area contributed by atoms with Gasteiger partial charge >= 0.3 is 11.9 Å². The van der Waals surface area contributed by atoms with Crippen molar-refractivity contribution in [3.05, 3.63) is 144 Å². The molecule has 0 radical (unpaired) electrons. The van der Waals surface area contributed by atoms with Crippen molar-refractivity contribution in [2.75, 3.05) is 13.1 Å². The molecule has 10 amide bonds. The molecule has 24 heteroatoms. The van der Waals surface area contributed by atoms with Crippen LogP contribution in [0.5, 0.6) is 0 Å². The van der Waals surface area contributed by atoms with E-state index < -0.39 is 143 Å². The third-order valence-electron chi connectivity index (χ3n) is 16.2. The monoisotopic (exact) mass is 1290 g/mol. The molecule has 3 aliphatic heterocycles. The molecule has 3 saturated heterocycles. The number of hydrogen-bond donors (Lipinski definition) is 8. The van der Waals surface area contributed by atoms with Gasteiger partial charge in [-0.2, -0.15) is 0 Å². The number of fused-ring (bicyclic) bond motifs is 2. The van der Waals surface area contributed by atoms with Crippen LogP contribution in [0.25, 0.3) is 0 Å². The average Bonchev–Trinajstić information content (AvgIpc) is 1.61. The fraction of sp³-hybridized carbons (Fsp3) is 0.486. The van der Waals surface area contributed by atoms with Crippen LogP contribution >= 0.6 is 0 Å². The molecular formula is C70H90N10O14. The Bertz CT molecular complexity index is 3110. The van der Waals surface area contributed by atoms with Crippen LogP contribution in [-0.2, 0) is 92.7 Å². The minimum absolute atomic E-state index is 0.0345. The van der Waals surface area contributed by atoms with Crippen molar-refractivity contribution in [2.45, 2.75) is 204 Å². The number of amides is 10. The lowest BCUT2D eigenvalue weighted by atomic mass is 10.0. The zero-order chi connectivity index (χ0) is 68.3. The molecule has 0 unspecified atom stereocenters. The normalized spacial score (nSPS) is 24.6. The number of carbonyl (C=O) groups is 12. The molecule has 4 aromatic carbocycles. The summed E-state index contributed by atoms with van der Waals surface area (Å²) in [5.41, 5.74) is 0.666. The van der Waals surface area contributed by atoms with Gasteiger partial charge in [-0.3, -0.25) is 57.5 Å². The Kier molecular flexibility index (Phi) is 25.6. The van der Waals surface area contributed by atoms with Gasteiger partial charge in [0.15, 0.2) is 0 Å². The molecule has 24 nitrogen and oxygen atoms in total. The fourth-order valence-electron chi connectivity index (χ4n) is 11.5. The van der Waals surface area contributed by atoms with Crippen molar-refractivity contribution in [3.63, 3.8) is 0 Å². The highest BCUT2D eigenvalue weighted by atomic mass is 16.6. The Hall–Kier alpha value is -9.48. The molecule has 8 N–H and O–H groups in total. The molecule has 0 saturated carbocycles. The SMILES string of the molecule is C[C@@H]1NC(=O)[C@H](Cc2ccccc2)NC(=O)[C@H](Cc2ccccc2)NC(=O)[C@@H]2CCCN2C(=O)[C@H](CCC(=O)OC(C)(C)C)NC(=O)[C@H](C)NC(=O)[C@H](Cc2ccccc2)NC(=O)[C@H](Cc2ccccc2)NC(=O)[C@@H]2CCCN2C(=O)[C@H](CCC(=O)OC(C)(C)C)NC1=O. The van der Waals surface area contributed by atoms with Crippen LogP contribution in [0.15, 0.2) is 121 Å². The van der Waals surface area contributed by atoms with Crippen LogP contribution in [0.4, 0.5) is 0 Å². The van der Waals surface area contributed by atoms with Crippen LogP contribution in [0.3, 0.4) is 0 Å². The predicted octanol–water partition coefficient (Wildman–Crippen LogP) is 3.11. The lowest BCUT2D eigenvalue weighted by Gasteiger charge is -2.31. The van der Waals surface area contributed by atoms with E-state index in [9.17, 15) is 57.5 Å². The van der Waals surface area contributed by atoms with Crippen LogP contribution < -0.4 is 42.5 Å². The van der Waals surface area contributed by atoms with E-state index >= 15 is 0 Å². The minimum Gasteiger partial charge on any atom is -0.460 e. The van der Waals surface area contributed by atoms with E-state index in [-0.39, 0.29) is 77.3 Å². The fourth-order valence-corrected chi connectivity index (χ4v) is 11.5. The third-order valence-corrected chi connectivity index (χ3v) is 16.2. The first-order valence-corrected chi connectivity index (χ1v) is 32.2. The maximum absolute atomic E-state index is 15.0. The minimum atomic E-state index is -1.46. The Morgan fingerprint density at radius 3 is 0.904 bits per heavy atom. The van der Waals surface area contributed by atoms with Gasteiger partial charge in [0, 0.05) is 51.6 Å². The summed E-state index contributed by atoms with van der Waals surface area (Å²) in [4.78, 5) is 176. The number of nitrogens with one attached hydrogen (secondary N) is 8. The lowest BCUT2D eigenvalue weighted by Crippen LogP contribution is -2.61. The summed E-state index contributed by atoms with van der Waals surface area (Å²) < 4.78 is 11.1. The first kappa shape index (κ1) is 72.0. The molecule has 0 aliphatic carbocycles. The zero-order valence-corrected chi connectivity index (χ0v) is 54.8. The topological polar surface area (TPSA) is 326 Å². The summed E-state index contributed by atoms with van der Waals surface area (Å²) in [6.45, 7) is 12.8. The van der Waals surface area contributed by atoms with Crippen molar-refractivity contribution in [2.24, 2.45) is 0 Å². The van der Waals surface area contributed by atoms with Crippen molar-refractivity contribution < 1.29 is 67.0 Å². The molecule has 0 spiro atoms. The van der Waals surface area contributed by atoms with E-state index in [1.54, 1.807) is 163 Å². The van der Waals surface area contributed by atoms with Gasteiger partial charge < -0.3 is 61.8 Å². The van der Waals surface area contributed by atoms with Gasteiger partial charge in [-0.1, -0.05) is 121 Å². The number of esters is 2. The highest BCUT2D eigenvalue weighted by Gasteiger charge is 2.43. The Labute approximate surface area is 548 Å². The molecular weight excluding hydrogens is 1200 g/mol. The van der Waals surface area contributed by atoms with Crippen molar-refractivity contribution in [3.8, 4) is 0 Å². The second-order valence-corrected chi connectivity index (χ2v) is 26.2. The lowest BCUT2D eigenvalue weighted by molar-refractivity contribution is -0.156. The predicted molar refractivity (Wildman–Crippen MR) is 347 cm³/mol. The largest absolute Gasteiger partial charge is 0.460 e. The molecule has 7 rings (SSSR count). The maximum atomic E-state index is 15.0. The van der Waals surface area contributed by atoms with Gasteiger partial charge in [0.1, 0.15) is 71.6 Å². The molecule has 94 heavy (non-hydrogen) atoms. The summed E-state index contributed by atoms with van der Waals surface area (Å²) >= 11 is 0. The van der Waals surface area contributed by atoms with E-state index in [0.29, 0.717) is 35.1 Å². The average molecular weight is 1300 g/mol. The van der Waals surface area contributed by atoms with E-state index in [1.165, 1.54) is 23.6 Å². The molecule has 10 atom stereocenters. The summed E-state index contributed by atoms with van der Waals surface area (Å²) in [6.07, 6.45) is -0.741. The van der Waals surface area contributed by atoms with E-state index in [4.69, 9.17) is 9.47 Å². The molecule has 3 heterocycles. The highest BCUT2D eigenvalue weighted by molar-refractivity contribution is 6.00. The molecule has 3 fully saturated rings. The van der Waals surface area contributed by atoms with Crippen molar-refractivity contribution in [1.29, 1.82) is 0 Å². The first-order valence-electron chi connectivity index (χ1n) is 32.2. The van der Waals surface area contributed by atoms with Crippen LogP contribution in [0, 0.1) is 0 Å². The van der Waals surface area contributed by atoms with Crippen LogP contribution in [0.2, 0.25) is 0 Å². The molecule has 504 valence electrons. The molecule has 4 aromatic rings. The number of rotatable bonds is 14. The molecule has 0 bridgehead atoms. The second-order valence-electron chi connectivity index (χ2n) is 26.2. The summed E-state index contributed by atoms with van der Waals surface area (Å²) in [5, 5.41) is 22.1. The van der Waals surface area contributed by atoms with Gasteiger partial charge in [-0.15, -0.1) is 0 Å². The number of hydrogen-bond acceptors (Lipinski definition) is 14. The van der Waals surface area contributed by atoms with E-state index in [1.807, 2.05) is 0 Å². The van der Waals surface area contributed by atoms with Gasteiger partial charge in [0.2, 0.25) is 59.1 Å². The van der Waals surface area contributed by atoms with Crippen molar-refractivity contribution >= 4 is 71.0 Å². The summed E-state index contributed by atoms with van der Waals surface area (Å²) in [7, 11) is 0. The van der Waals surface area contributed by atoms with Crippen molar-refractivity contribution in [1.82, 2.24) is 52.3 Å². The Morgan fingerprint density at radius 2 is 0.628 bits per heavy atom. The first-order chi connectivity index (χ1) is 44.6. The third kappa shape index (κ3) is 21.8. The smallest absolute Gasteiger partial charge is 0.306 e. The van der Waals surface area contributed by atoms with Crippen LogP contribution in [-0.4, -0.2) is 166 Å². The number of ether oxygens (including phenoxy) is 2. The maximum Gasteiger partial charge on any atom is 0.306 e. The number of benzene rings is 4. The molecule has 3 aliphatic rings. The summed E-state index contributed by atoms with van der Waals surface area (Å²) in [5.74, 6) is -9.27. The van der Waals surface area contributed by atoms with E-state index in [0.717, 1.165) is 0 Å². The van der Waals surface area contributed by atoms with Gasteiger partial charge in [0.25, 0.3) is 0 Å². The van der Waals surface area contributed by atoms with Gasteiger partial charge in [0.05, 0.1) is 0 Å². The standard InChI is InChI=1S/C70H90N10O14/c1-43-59(83)73-49(33-35-57(81)93-69(3,4)5)67(91)79-37-21-31-55(79)65(89)78-54(42-48-29-19-12-20-30-48)64(88)76-52(40-46-25-15-10-16-26-46)62(86)72-44(2)60(84)74-50(34-36-58(82)94-70(6,7)8)68(92)80-38-22-32-56(80)66(90)77-53(41-47-27-17-11-18-28-47)63(87)75-51(61(85)71-43)39-45-23-13-9-14-24-45/h9-20,23-30,43-44,49-56H,21-22,31-42H2,1-8H3,(H,71,85)(H,72,86)(H,73,83)(H,74,84)(H,75,87)(H,76,88)(H,77,90)(H,78,89)/t43-,44-,49-,50-,51-,52-,53-,54-,55-,56-/m0/s1. The number of carbonyl (C=O) groups excluding carboxylic acids is 12. The zero-order valence-electron chi connectivity index (χ0n) is 54.8. The highest BCUT2D eigenvalue weighted by Crippen LogP contribution is 2.24. The second kappa shape index (κ2) is 33.4. The molecule has 0 aromatic heterocycles. The van der Waals surface area contributed by atoms with E-state index in [2.05, 4.69) is 42.5 Å². The van der Waals surface area contributed by atoms with Gasteiger partial charge in [-0.05, 0) is 116 Å². The Balaban J connectivity index is 1.28. The summed E-state index contributed by atoms with van der Waals surface area (Å²) in [6, 6.07) is 21.3. The number of nitrogens with zero attached hydrogens (tertiary/aromatic N) is 2. The Morgan fingerprint density at radius 1 is 0.372 bits per heavy atom. The van der Waals surface area contributed by atoms with Crippen LogP contribution in [0.1, 0.15) is 129 Å². The quantitative estimate of drug-likeness (QED) is 0.0842.